The molecule has 0 amide bonds. The summed E-state index contributed by atoms with van der Waals surface area (Å²) < 4.78 is 0. The lowest BCUT2D eigenvalue weighted by atomic mass is 9.87. The van der Waals surface area contributed by atoms with E-state index in [2.05, 4.69) is 77.6 Å². The average Bonchev–Trinajstić information content (AvgIpc) is 2.44. The summed E-state index contributed by atoms with van der Waals surface area (Å²) in [7, 11) is 4.16. The Bertz CT molecular complexity index is 680. The summed E-state index contributed by atoms with van der Waals surface area (Å²) >= 11 is 0. The van der Waals surface area contributed by atoms with Crippen molar-refractivity contribution in [2.24, 2.45) is 0 Å². The van der Waals surface area contributed by atoms with Gasteiger partial charge in [0.2, 0.25) is 0 Å². The van der Waals surface area contributed by atoms with Gasteiger partial charge in [-0.15, -0.1) is 0 Å². The van der Waals surface area contributed by atoms with E-state index >= 15 is 0 Å². The maximum atomic E-state index is 3.67. The summed E-state index contributed by atoms with van der Waals surface area (Å²) in [5.41, 5.74) is 6.43. The molecule has 1 atom stereocenters. The maximum absolute atomic E-state index is 3.67. The van der Waals surface area contributed by atoms with Crippen LogP contribution in [-0.2, 0) is 0 Å². The molecule has 4 nitrogen and oxygen atoms in total. The molecule has 3 N–H and O–H groups in total. The zero-order chi connectivity index (χ0) is 15.1. The fraction of sp³-hybridized carbons (Fsp3) is 0.333. The first-order valence-electron chi connectivity index (χ1n) is 7.85. The SMILES string of the molecule is CN(C)c1cccc(C2=CC3=CNC3C(NC3CNC3)=C2)c1. The lowest BCUT2D eigenvalue weighted by Gasteiger charge is -2.38. The van der Waals surface area contributed by atoms with E-state index in [0.717, 1.165) is 13.1 Å². The summed E-state index contributed by atoms with van der Waals surface area (Å²) in [6.07, 6.45) is 6.69. The molecule has 2 heterocycles. The second-order valence-electron chi connectivity index (χ2n) is 6.39. The van der Waals surface area contributed by atoms with Crippen molar-refractivity contribution in [2.75, 3.05) is 32.1 Å². The number of nitrogens with zero attached hydrogens (tertiary/aromatic N) is 1. The molecule has 1 saturated heterocycles. The molecule has 4 heteroatoms. The molecule has 22 heavy (non-hydrogen) atoms. The van der Waals surface area contributed by atoms with Crippen molar-refractivity contribution in [2.45, 2.75) is 12.1 Å². The van der Waals surface area contributed by atoms with E-state index in [4.69, 9.17) is 0 Å². The van der Waals surface area contributed by atoms with Gasteiger partial charge in [0.1, 0.15) is 0 Å². The van der Waals surface area contributed by atoms with Crippen molar-refractivity contribution in [3.05, 3.63) is 59.5 Å². The summed E-state index contributed by atoms with van der Waals surface area (Å²) in [4.78, 5) is 2.14. The first-order chi connectivity index (χ1) is 10.7. The molecule has 114 valence electrons. The lowest BCUT2D eigenvalue weighted by molar-refractivity contribution is 0.381. The van der Waals surface area contributed by atoms with E-state index in [1.165, 1.54) is 28.1 Å². The molecule has 4 rings (SSSR count). The highest BCUT2D eigenvalue weighted by molar-refractivity contribution is 5.81. The van der Waals surface area contributed by atoms with E-state index in [-0.39, 0.29) is 0 Å². The summed E-state index contributed by atoms with van der Waals surface area (Å²) in [5.74, 6) is 0. The van der Waals surface area contributed by atoms with Gasteiger partial charge in [-0.25, -0.2) is 0 Å². The molecule has 1 aromatic rings. The Hall–Kier alpha value is -2.20. The molecule has 0 saturated carbocycles. The number of hydrogen-bond donors (Lipinski definition) is 3. The Morgan fingerprint density at radius 1 is 1.18 bits per heavy atom. The minimum Gasteiger partial charge on any atom is -0.381 e. The van der Waals surface area contributed by atoms with Gasteiger partial charge in [0.05, 0.1) is 12.1 Å². The Morgan fingerprint density at radius 2 is 2.05 bits per heavy atom. The number of fused-ring (bicyclic) bond motifs is 1. The van der Waals surface area contributed by atoms with Crippen LogP contribution < -0.4 is 20.9 Å². The molecular weight excluding hydrogens is 272 g/mol. The minimum absolute atomic E-state index is 0.349. The largest absolute Gasteiger partial charge is 0.381 e. The summed E-state index contributed by atoms with van der Waals surface area (Å²) in [6, 6.07) is 9.61. The van der Waals surface area contributed by atoms with Crippen molar-refractivity contribution in [3.63, 3.8) is 0 Å². The quantitative estimate of drug-likeness (QED) is 0.786. The van der Waals surface area contributed by atoms with Crippen molar-refractivity contribution in [1.82, 2.24) is 16.0 Å². The van der Waals surface area contributed by atoms with Crippen LogP contribution in [0.5, 0.6) is 0 Å². The van der Waals surface area contributed by atoms with Crippen molar-refractivity contribution in [1.29, 1.82) is 0 Å². The van der Waals surface area contributed by atoms with Gasteiger partial charge < -0.3 is 20.9 Å². The zero-order valence-corrected chi connectivity index (χ0v) is 13.1. The highest BCUT2D eigenvalue weighted by Crippen LogP contribution is 2.32. The predicted octanol–water partition coefficient (Wildman–Crippen LogP) is 1.45. The van der Waals surface area contributed by atoms with E-state index in [1.54, 1.807) is 0 Å². The van der Waals surface area contributed by atoms with E-state index in [1.807, 2.05) is 0 Å². The van der Waals surface area contributed by atoms with Crippen LogP contribution in [0.2, 0.25) is 0 Å². The standard InChI is InChI=1S/C18H22N4/c1-22(2)16-5-3-4-12(7-16)13-6-14-9-20-18(14)17(8-13)21-15-10-19-11-15/h3-9,15,18-21H,10-11H2,1-2H3. The van der Waals surface area contributed by atoms with Crippen LogP contribution in [0.3, 0.4) is 0 Å². The third-order valence-electron chi connectivity index (χ3n) is 4.54. The fourth-order valence-electron chi connectivity index (χ4n) is 3.01. The van der Waals surface area contributed by atoms with Crippen LogP contribution in [0.1, 0.15) is 5.56 Å². The molecule has 1 aromatic carbocycles. The monoisotopic (exact) mass is 294 g/mol. The van der Waals surface area contributed by atoms with Crippen LogP contribution in [0.15, 0.2) is 53.9 Å². The normalized spacial score (nSPS) is 23.0. The number of nitrogens with one attached hydrogen (secondary N) is 3. The second-order valence-corrected chi connectivity index (χ2v) is 6.39. The van der Waals surface area contributed by atoms with Crippen LogP contribution in [-0.4, -0.2) is 39.3 Å². The Labute approximate surface area is 131 Å². The van der Waals surface area contributed by atoms with Crippen LogP contribution in [0.4, 0.5) is 5.69 Å². The van der Waals surface area contributed by atoms with Gasteiger partial charge in [0.15, 0.2) is 0 Å². The summed E-state index contributed by atoms with van der Waals surface area (Å²) in [6.45, 7) is 2.11. The van der Waals surface area contributed by atoms with Gasteiger partial charge in [0, 0.05) is 44.8 Å². The van der Waals surface area contributed by atoms with Gasteiger partial charge in [-0.1, -0.05) is 12.1 Å². The third-order valence-corrected chi connectivity index (χ3v) is 4.54. The van der Waals surface area contributed by atoms with E-state index < -0.39 is 0 Å². The first kappa shape index (κ1) is 13.5. The smallest absolute Gasteiger partial charge is 0.0924 e. The number of anilines is 1. The molecule has 1 aliphatic carbocycles. The Balaban J connectivity index is 1.65. The molecular formula is C18H22N4. The van der Waals surface area contributed by atoms with Crippen molar-refractivity contribution in [3.8, 4) is 0 Å². The van der Waals surface area contributed by atoms with Gasteiger partial charge in [-0.2, -0.15) is 0 Å². The molecule has 1 fully saturated rings. The molecule has 0 radical (unpaired) electrons. The first-order valence-corrected chi connectivity index (χ1v) is 7.85. The number of benzene rings is 1. The van der Waals surface area contributed by atoms with Crippen molar-refractivity contribution >= 4 is 11.3 Å². The van der Waals surface area contributed by atoms with Crippen LogP contribution in [0.25, 0.3) is 5.57 Å². The Kier molecular flexibility index (Phi) is 3.19. The topological polar surface area (TPSA) is 39.3 Å². The highest BCUT2D eigenvalue weighted by Gasteiger charge is 2.30. The maximum Gasteiger partial charge on any atom is 0.0924 e. The number of hydrogen-bond acceptors (Lipinski definition) is 4. The van der Waals surface area contributed by atoms with Gasteiger partial charge in [-0.3, -0.25) is 0 Å². The van der Waals surface area contributed by atoms with Gasteiger partial charge in [-0.05, 0) is 41.0 Å². The van der Waals surface area contributed by atoms with Crippen LogP contribution in [0, 0.1) is 0 Å². The third kappa shape index (κ3) is 2.29. The van der Waals surface area contributed by atoms with E-state index in [9.17, 15) is 0 Å². The predicted molar refractivity (Wildman–Crippen MR) is 91.6 cm³/mol. The molecule has 0 aromatic heterocycles. The average molecular weight is 294 g/mol. The molecule has 3 aliphatic rings. The van der Waals surface area contributed by atoms with Gasteiger partial charge >= 0.3 is 0 Å². The zero-order valence-electron chi connectivity index (χ0n) is 13.1. The Morgan fingerprint density at radius 3 is 2.68 bits per heavy atom. The highest BCUT2D eigenvalue weighted by atomic mass is 15.1. The van der Waals surface area contributed by atoms with E-state index in [0.29, 0.717) is 12.1 Å². The number of allylic oxidation sites excluding steroid dienone is 2. The minimum atomic E-state index is 0.349. The van der Waals surface area contributed by atoms with Crippen LogP contribution >= 0.6 is 0 Å². The molecule has 0 bridgehead atoms. The van der Waals surface area contributed by atoms with Gasteiger partial charge in [0.25, 0.3) is 0 Å². The molecule has 0 spiro atoms. The molecule has 1 unspecified atom stereocenters. The number of rotatable bonds is 4. The van der Waals surface area contributed by atoms with Crippen molar-refractivity contribution < 1.29 is 0 Å². The lowest BCUT2D eigenvalue weighted by Crippen LogP contribution is -2.57. The molecule has 2 aliphatic heterocycles. The second kappa shape index (κ2) is 5.21. The fourth-order valence-corrected chi connectivity index (χ4v) is 3.01. The summed E-state index contributed by atoms with van der Waals surface area (Å²) in [5, 5.41) is 10.4.